The molecule has 0 unspecified atom stereocenters. The highest BCUT2D eigenvalue weighted by molar-refractivity contribution is 5.98. The summed E-state index contributed by atoms with van der Waals surface area (Å²) in [5.74, 6) is -6.84. The fourth-order valence-corrected chi connectivity index (χ4v) is 6.03. The predicted octanol–water partition coefficient (Wildman–Crippen LogP) is -0.294. The van der Waals surface area contributed by atoms with Gasteiger partial charge in [0.25, 0.3) is 0 Å². The lowest BCUT2D eigenvalue weighted by molar-refractivity contribution is -0.140. The fraction of sp³-hybridized carbons (Fsp3) is 0.789. The molecule has 17 nitrogen and oxygen atoms in total. The number of aliphatic hydroxyl groups excluding tert-OH is 1. The van der Waals surface area contributed by atoms with Gasteiger partial charge < -0.3 is 47.2 Å². The van der Waals surface area contributed by atoms with Crippen LogP contribution in [0.15, 0.2) is 0 Å². The van der Waals surface area contributed by atoms with E-state index in [1.54, 1.807) is 20.8 Å². The number of nitrogens with zero attached hydrogens (tertiary/aromatic N) is 1. The minimum absolute atomic E-state index is 0.0580. The molecule has 1 heterocycles. The number of likely N-dealkylation sites (N-methyl/N-ethyl adjacent to an activating group) is 1. The average molecular weight is 781 g/mol. The average Bonchev–Trinajstić information content (AvgIpc) is 3.12. The van der Waals surface area contributed by atoms with Gasteiger partial charge in [0.15, 0.2) is 0 Å². The summed E-state index contributed by atoms with van der Waals surface area (Å²) in [7, 11) is 1.36. The van der Waals surface area contributed by atoms with Crippen LogP contribution in [0.1, 0.15) is 101 Å². The van der Waals surface area contributed by atoms with E-state index in [-0.39, 0.29) is 30.6 Å². The minimum atomic E-state index is -1.49. The van der Waals surface area contributed by atoms with Gasteiger partial charge in [0.05, 0.1) is 19.7 Å². The standard InChI is InChI=1S/C38H68N8O9/c1-12-22(8)30-35(52)42-26(16-21(6)7)38(55)46(11)18-29(49)40-27(19-47)34(51)44-32(24(10)14-3)37(54)45-31(23(9)13-2)36(53)41-25(15-20(4)5)33(50)39-17-28(48)43-30/h20-27,30-32,47H,12-19H2,1-11H3,(H,39,50)(H,40,49)(H,41,53)(H,42,52)(H,43,48)(H,44,51)(H,45,54)/t22-,23-,24-,25-,26-,27-,30-,31-,32-/m0/s1. The monoisotopic (exact) mass is 781 g/mol. The molecule has 1 aliphatic heterocycles. The number of amides is 8. The Morgan fingerprint density at radius 1 is 0.545 bits per heavy atom. The second kappa shape index (κ2) is 23.6. The van der Waals surface area contributed by atoms with Crippen molar-refractivity contribution in [2.75, 3.05) is 26.7 Å². The van der Waals surface area contributed by atoms with Crippen molar-refractivity contribution < 1.29 is 43.5 Å². The summed E-state index contributed by atoms with van der Waals surface area (Å²) in [5.41, 5.74) is 0. The Labute approximate surface area is 326 Å². The normalized spacial score (nSPS) is 26.8. The predicted molar refractivity (Wildman–Crippen MR) is 207 cm³/mol. The van der Waals surface area contributed by atoms with Crippen LogP contribution in [-0.2, 0) is 38.4 Å². The van der Waals surface area contributed by atoms with Gasteiger partial charge in [-0.3, -0.25) is 38.4 Å². The molecule has 0 aliphatic carbocycles. The number of aliphatic hydroxyl groups is 1. The van der Waals surface area contributed by atoms with Crippen LogP contribution >= 0.6 is 0 Å². The van der Waals surface area contributed by atoms with Gasteiger partial charge in [-0.1, -0.05) is 88.5 Å². The largest absolute Gasteiger partial charge is 0.394 e. The number of rotatable bonds is 11. The van der Waals surface area contributed by atoms with Crippen molar-refractivity contribution in [3.05, 3.63) is 0 Å². The first-order chi connectivity index (χ1) is 25.7. The summed E-state index contributed by atoms with van der Waals surface area (Å²) >= 11 is 0. The third kappa shape index (κ3) is 15.8. The highest BCUT2D eigenvalue weighted by atomic mass is 16.3. The molecule has 1 rings (SSSR count). The number of hydrogen-bond acceptors (Lipinski definition) is 9. The van der Waals surface area contributed by atoms with E-state index >= 15 is 0 Å². The van der Waals surface area contributed by atoms with Crippen molar-refractivity contribution in [1.29, 1.82) is 0 Å². The highest BCUT2D eigenvalue weighted by Gasteiger charge is 2.36. The quantitative estimate of drug-likeness (QED) is 0.137. The molecule has 1 aliphatic rings. The zero-order valence-corrected chi connectivity index (χ0v) is 34.7. The van der Waals surface area contributed by atoms with Crippen LogP contribution in [0.2, 0.25) is 0 Å². The zero-order valence-electron chi connectivity index (χ0n) is 34.7. The number of carbonyl (C=O) groups excluding carboxylic acids is 8. The van der Waals surface area contributed by atoms with Gasteiger partial charge in [-0.2, -0.15) is 0 Å². The van der Waals surface area contributed by atoms with Crippen molar-refractivity contribution in [1.82, 2.24) is 42.1 Å². The molecule has 0 bridgehead atoms. The van der Waals surface area contributed by atoms with Crippen molar-refractivity contribution in [2.24, 2.45) is 29.6 Å². The van der Waals surface area contributed by atoms with E-state index in [1.165, 1.54) is 7.05 Å². The summed E-state index contributed by atoms with van der Waals surface area (Å²) in [4.78, 5) is 109. The van der Waals surface area contributed by atoms with E-state index in [0.29, 0.717) is 19.3 Å². The summed E-state index contributed by atoms with van der Waals surface area (Å²) < 4.78 is 0. The van der Waals surface area contributed by atoms with Crippen LogP contribution < -0.4 is 37.2 Å². The summed E-state index contributed by atoms with van der Waals surface area (Å²) in [6.07, 6.45) is 1.81. The lowest BCUT2D eigenvalue weighted by Gasteiger charge is -2.31. The van der Waals surface area contributed by atoms with Crippen molar-refractivity contribution in [2.45, 2.75) is 138 Å². The van der Waals surface area contributed by atoms with Crippen molar-refractivity contribution in [3.8, 4) is 0 Å². The van der Waals surface area contributed by atoms with Gasteiger partial charge in [-0.15, -0.1) is 0 Å². The second-order valence-corrected chi connectivity index (χ2v) is 15.8. The topological polar surface area (TPSA) is 244 Å². The molecular formula is C38H68N8O9. The molecule has 0 aromatic rings. The van der Waals surface area contributed by atoms with E-state index < -0.39 is 115 Å². The molecule has 0 radical (unpaired) electrons. The smallest absolute Gasteiger partial charge is 0.245 e. The van der Waals surface area contributed by atoms with Gasteiger partial charge in [0.2, 0.25) is 47.3 Å². The maximum absolute atomic E-state index is 13.8. The Hall–Kier alpha value is -4.28. The van der Waals surface area contributed by atoms with Gasteiger partial charge in [-0.05, 0) is 42.4 Å². The molecule has 8 amide bonds. The molecule has 8 N–H and O–H groups in total. The molecule has 55 heavy (non-hydrogen) atoms. The molecule has 314 valence electrons. The highest BCUT2D eigenvalue weighted by Crippen LogP contribution is 2.15. The van der Waals surface area contributed by atoms with Crippen LogP contribution in [0.25, 0.3) is 0 Å². The summed E-state index contributed by atoms with van der Waals surface area (Å²) in [6.45, 7) is 16.3. The first-order valence-corrected chi connectivity index (χ1v) is 19.6. The SMILES string of the molecule is CC[C@H](C)[C@@H]1NC(=O)CNC(=O)[C@H](CC(C)C)NC(=O)[C@H]([C@@H](C)CC)NC(=O)[C@H]([C@@H](C)CC)NC(=O)[C@H](CO)NC(=O)CN(C)C(=O)[C@H](CC(C)C)NC1=O. The number of carbonyl (C=O) groups is 8. The summed E-state index contributed by atoms with van der Waals surface area (Å²) in [6, 6.07) is -7.02. The molecule has 0 aromatic heterocycles. The van der Waals surface area contributed by atoms with Crippen LogP contribution in [0.5, 0.6) is 0 Å². The Morgan fingerprint density at radius 3 is 1.42 bits per heavy atom. The number of nitrogens with one attached hydrogen (secondary N) is 7. The van der Waals surface area contributed by atoms with Crippen LogP contribution in [0.3, 0.4) is 0 Å². The minimum Gasteiger partial charge on any atom is -0.394 e. The first-order valence-electron chi connectivity index (χ1n) is 19.6. The maximum Gasteiger partial charge on any atom is 0.245 e. The Kier molecular flexibility index (Phi) is 20.9. The molecule has 9 atom stereocenters. The van der Waals surface area contributed by atoms with Gasteiger partial charge in [0.1, 0.15) is 36.3 Å². The molecule has 1 fully saturated rings. The molecule has 0 aromatic carbocycles. The zero-order chi connectivity index (χ0) is 42.2. The Morgan fingerprint density at radius 2 is 0.964 bits per heavy atom. The third-order valence-corrected chi connectivity index (χ3v) is 10.1. The molecule has 17 heteroatoms. The number of hydrogen-bond donors (Lipinski definition) is 8. The lowest BCUT2D eigenvalue weighted by atomic mass is 9.94. The van der Waals surface area contributed by atoms with Crippen LogP contribution in [0.4, 0.5) is 0 Å². The molecule has 0 spiro atoms. The second-order valence-electron chi connectivity index (χ2n) is 15.8. The Balaban J connectivity index is 3.71. The van der Waals surface area contributed by atoms with Crippen molar-refractivity contribution in [3.63, 3.8) is 0 Å². The molecule has 0 saturated carbocycles. The molecule has 1 saturated heterocycles. The van der Waals surface area contributed by atoms with Crippen molar-refractivity contribution >= 4 is 47.3 Å². The van der Waals surface area contributed by atoms with Crippen LogP contribution in [0, 0.1) is 29.6 Å². The first kappa shape index (κ1) is 48.7. The van der Waals surface area contributed by atoms with Gasteiger partial charge in [-0.25, -0.2) is 0 Å². The van der Waals surface area contributed by atoms with Crippen LogP contribution in [-0.4, -0.2) is 120 Å². The van der Waals surface area contributed by atoms with E-state index in [4.69, 9.17) is 0 Å². The molecular weight excluding hydrogens is 712 g/mol. The fourth-order valence-electron chi connectivity index (χ4n) is 6.03. The van der Waals surface area contributed by atoms with E-state index in [0.717, 1.165) is 4.90 Å². The third-order valence-electron chi connectivity index (χ3n) is 10.1. The van der Waals surface area contributed by atoms with E-state index in [2.05, 4.69) is 37.2 Å². The van der Waals surface area contributed by atoms with Gasteiger partial charge in [0, 0.05) is 7.05 Å². The summed E-state index contributed by atoms with van der Waals surface area (Å²) in [5, 5.41) is 28.6. The maximum atomic E-state index is 13.8. The van der Waals surface area contributed by atoms with Gasteiger partial charge >= 0.3 is 0 Å². The van der Waals surface area contributed by atoms with E-state index in [9.17, 15) is 43.5 Å². The van der Waals surface area contributed by atoms with E-state index in [1.807, 2.05) is 48.5 Å². The Bertz CT molecular complexity index is 1340. The lowest BCUT2D eigenvalue weighted by Crippen LogP contribution is -2.62.